The number of benzene rings is 3. The van der Waals surface area contributed by atoms with Gasteiger partial charge in [-0.2, -0.15) is 0 Å². The van der Waals surface area contributed by atoms with Gasteiger partial charge >= 0.3 is 0 Å². The van der Waals surface area contributed by atoms with Crippen molar-refractivity contribution in [1.82, 2.24) is 10.6 Å². The first kappa shape index (κ1) is 21.1. The summed E-state index contributed by atoms with van der Waals surface area (Å²) in [5, 5.41) is 8.98. The predicted octanol–water partition coefficient (Wildman–Crippen LogP) is 3.95. The average molecular weight is 402 g/mol. The smallest absolute Gasteiger partial charge is 0.251 e. The van der Waals surface area contributed by atoms with Crippen LogP contribution < -0.4 is 16.0 Å². The molecule has 154 valence electrons. The van der Waals surface area contributed by atoms with Gasteiger partial charge in [0.1, 0.15) is 0 Å². The van der Waals surface area contributed by atoms with Crippen molar-refractivity contribution in [3.63, 3.8) is 0 Å². The van der Waals surface area contributed by atoms with Crippen molar-refractivity contribution in [2.75, 3.05) is 18.4 Å². The fourth-order valence-electron chi connectivity index (χ4n) is 3.08. The van der Waals surface area contributed by atoms with Crippen LogP contribution in [0, 0.1) is 0 Å². The van der Waals surface area contributed by atoms with Gasteiger partial charge in [0.25, 0.3) is 5.91 Å². The number of anilines is 1. The Kier molecular flexibility index (Phi) is 7.61. The fraction of sp³-hybridized carbons (Fsp3) is 0.200. The maximum Gasteiger partial charge on any atom is 0.251 e. The van der Waals surface area contributed by atoms with Crippen LogP contribution in [0.4, 0.5) is 5.69 Å². The first-order chi connectivity index (χ1) is 14.6. The second-order valence-corrected chi connectivity index (χ2v) is 7.12. The summed E-state index contributed by atoms with van der Waals surface area (Å²) >= 11 is 0. The monoisotopic (exact) mass is 401 g/mol. The summed E-state index contributed by atoms with van der Waals surface area (Å²) in [5.74, 6) is -0.194. The Morgan fingerprint density at radius 2 is 1.47 bits per heavy atom. The molecule has 1 atom stereocenters. The molecule has 1 unspecified atom stereocenters. The fourth-order valence-corrected chi connectivity index (χ4v) is 3.08. The molecule has 0 radical (unpaired) electrons. The van der Waals surface area contributed by atoms with Crippen LogP contribution in [-0.2, 0) is 11.2 Å². The molecule has 0 spiro atoms. The van der Waals surface area contributed by atoms with Gasteiger partial charge in [-0.25, -0.2) is 0 Å². The second-order valence-electron chi connectivity index (χ2n) is 7.12. The van der Waals surface area contributed by atoms with Crippen molar-refractivity contribution in [1.29, 1.82) is 0 Å². The van der Waals surface area contributed by atoms with Crippen molar-refractivity contribution < 1.29 is 9.59 Å². The van der Waals surface area contributed by atoms with Gasteiger partial charge in [0, 0.05) is 17.8 Å². The lowest BCUT2D eigenvalue weighted by atomic mass is 10.1. The van der Waals surface area contributed by atoms with E-state index in [-0.39, 0.29) is 24.4 Å². The third-order valence-electron chi connectivity index (χ3n) is 4.83. The van der Waals surface area contributed by atoms with Gasteiger partial charge in [-0.15, -0.1) is 0 Å². The summed E-state index contributed by atoms with van der Waals surface area (Å²) in [7, 11) is 0. The molecule has 5 nitrogen and oxygen atoms in total. The number of nitrogens with one attached hydrogen (secondary N) is 3. The molecule has 3 rings (SSSR count). The summed E-state index contributed by atoms with van der Waals surface area (Å²) in [4.78, 5) is 24.4. The Balaban J connectivity index is 1.41. The van der Waals surface area contributed by atoms with E-state index in [9.17, 15) is 9.59 Å². The molecule has 3 aromatic rings. The standard InChI is InChI=1S/C25H27N3O2/c1-19(21-10-6-3-7-11-21)28-25(30)22-12-14-23(15-13-22)27-18-24(29)26-17-16-20-8-4-2-5-9-20/h2-15,19,27H,16-18H2,1H3,(H,26,29)(H,28,30). The highest BCUT2D eigenvalue weighted by Gasteiger charge is 2.11. The Bertz CT molecular complexity index is 941. The van der Waals surface area contributed by atoms with Crippen LogP contribution in [-0.4, -0.2) is 24.9 Å². The minimum atomic E-state index is -0.128. The molecule has 0 bridgehead atoms. The second kappa shape index (κ2) is 10.8. The molecule has 0 aliphatic carbocycles. The van der Waals surface area contributed by atoms with Crippen LogP contribution in [0.1, 0.15) is 34.5 Å². The van der Waals surface area contributed by atoms with E-state index in [2.05, 4.69) is 16.0 Å². The van der Waals surface area contributed by atoms with E-state index in [1.54, 1.807) is 24.3 Å². The van der Waals surface area contributed by atoms with Crippen LogP contribution >= 0.6 is 0 Å². The molecular weight excluding hydrogens is 374 g/mol. The van der Waals surface area contributed by atoms with Crippen LogP contribution in [0.25, 0.3) is 0 Å². The van der Waals surface area contributed by atoms with Crippen molar-refractivity contribution >= 4 is 17.5 Å². The quantitative estimate of drug-likeness (QED) is 0.508. The molecule has 0 saturated heterocycles. The maximum absolute atomic E-state index is 12.4. The number of carbonyl (C=O) groups excluding carboxylic acids is 2. The predicted molar refractivity (Wildman–Crippen MR) is 120 cm³/mol. The third-order valence-corrected chi connectivity index (χ3v) is 4.83. The van der Waals surface area contributed by atoms with Crippen LogP contribution in [0.2, 0.25) is 0 Å². The Labute approximate surface area is 177 Å². The summed E-state index contributed by atoms with van der Waals surface area (Å²) in [5.41, 5.74) is 3.63. The molecule has 0 heterocycles. The molecule has 0 aliphatic rings. The SMILES string of the molecule is CC(NC(=O)c1ccc(NCC(=O)NCCc2ccccc2)cc1)c1ccccc1. The zero-order valence-corrected chi connectivity index (χ0v) is 17.1. The molecule has 3 N–H and O–H groups in total. The van der Waals surface area contributed by atoms with Gasteiger partial charge in [-0.1, -0.05) is 60.7 Å². The van der Waals surface area contributed by atoms with Crippen molar-refractivity contribution in [2.24, 2.45) is 0 Å². The molecule has 0 saturated carbocycles. The molecule has 30 heavy (non-hydrogen) atoms. The summed E-state index contributed by atoms with van der Waals surface area (Å²) < 4.78 is 0. The summed E-state index contributed by atoms with van der Waals surface area (Å²) in [6, 6.07) is 26.9. The van der Waals surface area contributed by atoms with Crippen molar-refractivity contribution in [2.45, 2.75) is 19.4 Å². The van der Waals surface area contributed by atoms with E-state index in [0.717, 1.165) is 17.7 Å². The number of hydrogen-bond acceptors (Lipinski definition) is 3. The van der Waals surface area contributed by atoms with Gasteiger partial charge < -0.3 is 16.0 Å². The van der Waals surface area contributed by atoms with Gasteiger partial charge in [-0.3, -0.25) is 9.59 Å². The average Bonchev–Trinajstić information content (AvgIpc) is 2.79. The minimum Gasteiger partial charge on any atom is -0.376 e. The van der Waals surface area contributed by atoms with Gasteiger partial charge in [0.15, 0.2) is 0 Å². The normalized spacial score (nSPS) is 11.4. The number of carbonyl (C=O) groups is 2. The molecule has 2 amide bonds. The van der Waals surface area contributed by atoms with E-state index in [1.807, 2.05) is 67.6 Å². The molecule has 0 fully saturated rings. The molecule has 5 heteroatoms. The van der Waals surface area contributed by atoms with Gasteiger partial charge in [0.05, 0.1) is 12.6 Å². The Morgan fingerprint density at radius 1 is 0.833 bits per heavy atom. The lowest BCUT2D eigenvalue weighted by Gasteiger charge is -2.14. The summed E-state index contributed by atoms with van der Waals surface area (Å²) in [6.07, 6.45) is 0.803. The zero-order chi connectivity index (χ0) is 21.2. The van der Waals surface area contributed by atoms with E-state index in [0.29, 0.717) is 12.1 Å². The van der Waals surface area contributed by atoms with Crippen molar-refractivity contribution in [3.8, 4) is 0 Å². The number of hydrogen-bond donors (Lipinski definition) is 3. The number of amides is 2. The zero-order valence-electron chi connectivity index (χ0n) is 17.1. The topological polar surface area (TPSA) is 70.2 Å². The van der Waals surface area contributed by atoms with Crippen LogP contribution in [0.5, 0.6) is 0 Å². The number of rotatable bonds is 9. The first-order valence-corrected chi connectivity index (χ1v) is 10.1. The molecular formula is C25H27N3O2. The molecule has 0 aliphatic heterocycles. The van der Waals surface area contributed by atoms with E-state index in [4.69, 9.17) is 0 Å². The highest BCUT2D eigenvalue weighted by molar-refractivity contribution is 5.94. The Morgan fingerprint density at radius 3 is 2.13 bits per heavy atom. The minimum absolute atomic E-state index is 0.0653. The van der Waals surface area contributed by atoms with Crippen LogP contribution in [0.15, 0.2) is 84.9 Å². The lowest BCUT2D eigenvalue weighted by molar-refractivity contribution is -0.119. The largest absolute Gasteiger partial charge is 0.376 e. The maximum atomic E-state index is 12.4. The molecule has 3 aromatic carbocycles. The highest BCUT2D eigenvalue weighted by Crippen LogP contribution is 2.14. The third kappa shape index (κ3) is 6.48. The highest BCUT2D eigenvalue weighted by atomic mass is 16.2. The molecule has 0 aromatic heterocycles. The lowest BCUT2D eigenvalue weighted by Crippen LogP contribution is -2.31. The first-order valence-electron chi connectivity index (χ1n) is 10.1. The van der Waals surface area contributed by atoms with Crippen molar-refractivity contribution in [3.05, 3.63) is 102 Å². The van der Waals surface area contributed by atoms with Gasteiger partial charge in [0.2, 0.25) is 5.91 Å². The van der Waals surface area contributed by atoms with E-state index >= 15 is 0 Å². The van der Waals surface area contributed by atoms with E-state index < -0.39 is 0 Å². The Hall–Kier alpha value is -3.60. The van der Waals surface area contributed by atoms with Gasteiger partial charge in [-0.05, 0) is 48.7 Å². The summed E-state index contributed by atoms with van der Waals surface area (Å²) in [6.45, 7) is 2.74. The van der Waals surface area contributed by atoms with Crippen LogP contribution in [0.3, 0.4) is 0 Å². The van der Waals surface area contributed by atoms with E-state index in [1.165, 1.54) is 5.56 Å².